The summed E-state index contributed by atoms with van der Waals surface area (Å²) >= 11 is 0. The van der Waals surface area contributed by atoms with Crippen LogP contribution in [0.3, 0.4) is 0 Å². The summed E-state index contributed by atoms with van der Waals surface area (Å²) in [7, 11) is 2.43. The van der Waals surface area contributed by atoms with E-state index in [4.69, 9.17) is 0 Å². The Morgan fingerprint density at radius 3 is 2.41 bits per heavy atom. The minimum Gasteiger partial charge on any atom is -0.302 e. The monoisotopic (exact) mass is 239 g/mol. The lowest BCUT2D eigenvalue weighted by atomic mass is 9.85. The van der Waals surface area contributed by atoms with Crippen LogP contribution in [0.1, 0.15) is 52.9 Å². The summed E-state index contributed by atoms with van der Waals surface area (Å²) in [5, 5.41) is 4.03. The fourth-order valence-corrected chi connectivity index (χ4v) is 3.40. The summed E-state index contributed by atoms with van der Waals surface area (Å²) in [5.41, 5.74) is 0. The van der Waals surface area contributed by atoms with Crippen LogP contribution in [-0.4, -0.2) is 36.8 Å². The van der Waals surface area contributed by atoms with Gasteiger partial charge in [-0.3, -0.25) is 5.32 Å². The van der Waals surface area contributed by atoms with Gasteiger partial charge >= 0.3 is 0 Å². The molecule has 100 valence electrons. The molecular formula is C15H31N2+. The quantitative estimate of drug-likeness (QED) is 0.574. The van der Waals surface area contributed by atoms with Crippen LogP contribution in [0, 0.1) is 11.8 Å². The van der Waals surface area contributed by atoms with Crippen LogP contribution in [0.15, 0.2) is 0 Å². The van der Waals surface area contributed by atoms with Crippen molar-refractivity contribution in [3.05, 3.63) is 0 Å². The van der Waals surface area contributed by atoms with Crippen LogP contribution in [0.5, 0.6) is 0 Å². The first-order chi connectivity index (χ1) is 8.07. The van der Waals surface area contributed by atoms with Crippen molar-refractivity contribution in [2.75, 3.05) is 20.1 Å². The van der Waals surface area contributed by atoms with Crippen LogP contribution in [0.25, 0.3) is 0 Å². The first-order valence-corrected chi connectivity index (χ1v) is 7.67. The first kappa shape index (κ1) is 13.4. The topological polar surface area (TPSA) is 12.0 Å². The van der Waals surface area contributed by atoms with Crippen molar-refractivity contribution in [2.45, 2.75) is 65.1 Å². The van der Waals surface area contributed by atoms with Crippen molar-refractivity contribution < 1.29 is 4.48 Å². The van der Waals surface area contributed by atoms with Crippen LogP contribution in [0.4, 0.5) is 0 Å². The Morgan fingerprint density at radius 2 is 1.88 bits per heavy atom. The minimum absolute atomic E-state index is 0.700. The Kier molecular flexibility index (Phi) is 4.14. The predicted octanol–water partition coefficient (Wildman–Crippen LogP) is 2.99. The van der Waals surface area contributed by atoms with Crippen LogP contribution in [0.2, 0.25) is 0 Å². The van der Waals surface area contributed by atoms with Gasteiger partial charge in [-0.2, -0.15) is 0 Å². The molecule has 17 heavy (non-hydrogen) atoms. The molecule has 0 aromatic rings. The van der Waals surface area contributed by atoms with Crippen molar-refractivity contribution in [3.8, 4) is 0 Å². The molecule has 1 saturated carbocycles. The van der Waals surface area contributed by atoms with E-state index in [1.54, 1.807) is 0 Å². The fraction of sp³-hybridized carbons (Fsp3) is 1.00. The fourth-order valence-electron chi connectivity index (χ4n) is 3.40. The highest BCUT2D eigenvalue weighted by Gasteiger charge is 2.47. The SMILES string of the molecule is CCC(C)C(NC1CCCCC1C)[N+]1(C)CC1. The highest BCUT2D eigenvalue weighted by molar-refractivity contribution is 4.82. The maximum absolute atomic E-state index is 4.03. The molecule has 2 rings (SSSR count). The molecule has 1 saturated heterocycles. The smallest absolute Gasteiger partial charge is 0.145 e. The molecule has 0 aromatic heterocycles. The lowest BCUT2D eigenvalue weighted by molar-refractivity contribution is -0.816. The van der Waals surface area contributed by atoms with E-state index in [0.717, 1.165) is 17.9 Å². The molecule has 4 unspecified atom stereocenters. The summed E-state index contributed by atoms with van der Waals surface area (Å²) in [6, 6.07) is 0.776. The summed E-state index contributed by atoms with van der Waals surface area (Å²) in [4.78, 5) is 0. The third-order valence-corrected chi connectivity index (χ3v) is 5.28. The maximum atomic E-state index is 4.03. The molecule has 1 aliphatic heterocycles. The molecule has 0 aromatic carbocycles. The average Bonchev–Trinajstić information content (AvgIpc) is 3.06. The zero-order valence-corrected chi connectivity index (χ0v) is 12.2. The molecule has 0 spiro atoms. The summed E-state index contributed by atoms with van der Waals surface area (Å²) in [5.74, 6) is 1.68. The van der Waals surface area contributed by atoms with Crippen molar-refractivity contribution in [2.24, 2.45) is 11.8 Å². The minimum atomic E-state index is 0.700. The first-order valence-electron chi connectivity index (χ1n) is 7.67. The second-order valence-corrected chi connectivity index (χ2v) is 6.79. The van der Waals surface area contributed by atoms with Gasteiger partial charge in [0.2, 0.25) is 0 Å². The van der Waals surface area contributed by atoms with Gasteiger partial charge in [-0.05, 0) is 25.2 Å². The number of hydrogen-bond donors (Lipinski definition) is 1. The molecule has 0 radical (unpaired) electrons. The van der Waals surface area contributed by atoms with Gasteiger partial charge in [-0.25, -0.2) is 0 Å². The second kappa shape index (κ2) is 5.27. The van der Waals surface area contributed by atoms with Gasteiger partial charge in [-0.1, -0.05) is 33.6 Å². The van der Waals surface area contributed by atoms with Gasteiger partial charge in [0, 0.05) is 12.0 Å². The van der Waals surface area contributed by atoms with Crippen molar-refractivity contribution in [3.63, 3.8) is 0 Å². The molecule has 4 atom stereocenters. The van der Waals surface area contributed by atoms with Crippen molar-refractivity contribution in [1.29, 1.82) is 0 Å². The molecular weight excluding hydrogens is 208 g/mol. The molecule has 0 amide bonds. The van der Waals surface area contributed by atoms with E-state index in [2.05, 4.69) is 33.1 Å². The van der Waals surface area contributed by atoms with Gasteiger partial charge in [0.1, 0.15) is 19.3 Å². The lowest BCUT2D eigenvalue weighted by Gasteiger charge is -2.38. The highest BCUT2D eigenvalue weighted by atomic mass is 15.5. The average molecular weight is 239 g/mol. The standard InChI is InChI=1S/C15H31N2/c1-5-12(2)15(17(4)10-11-17)16-14-9-7-6-8-13(14)3/h12-16H,5-11H2,1-4H3/q+1. The molecule has 1 N–H and O–H groups in total. The van der Waals surface area contributed by atoms with Crippen molar-refractivity contribution >= 4 is 0 Å². The summed E-state index contributed by atoms with van der Waals surface area (Å²) in [6.07, 6.45) is 7.69. The normalized spacial score (nSPS) is 35.3. The van der Waals surface area contributed by atoms with E-state index in [9.17, 15) is 0 Å². The summed E-state index contributed by atoms with van der Waals surface area (Å²) in [6.45, 7) is 9.95. The third-order valence-electron chi connectivity index (χ3n) is 5.28. The molecule has 2 heteroatoms. The van der Waals surface area contributed by atoms with E-state index in [1.165, 1.54) is 49.7 Å². The Hall–Kier alpha value is -0.0800. The number of rotatable bonds is 5. The van der Waals surface area contributed by atoms with Crippen LogP contribution in [-0.2, 0) is 0 Å². The van der Waals surface area contributed by atoms with Crippen LogP contribution >= 0.6 is 0 Å². The number of likely N-dealkylation sites (N-methyl/N-ethyl adjacent to an activating group) is 1. The number of hydrogen-bond acceptors (Lipinski definition) is 1. The molecule has 1 heterocycles. The van der Waals surface area contributed by atoms with E-state index in [1.807, 2.05) is 0 Å². The zero-order chi connectivity index (χ0) is 12.5. The van der Waals surface area contributed by atoms with Crippen LogP contribution < -0.4 is 5.32 Å². The summed E-state index contributed by atoms with van der Waals surface area (Å²) < 4.78 is 1.28. The number of nitrogens with zero attached hydrogens (tertiary/aromatic N) is 1. The Bertz CT molecular complexity index is 247. The van der Waals surface area contributed by atoms with E-state index >= 15 is 0 Å². The number of nitrogens with one attached hydrogen (secondary N) is 1. The lowest BCUT2D eigenvalue weighted by Crippen LogP contribution is -2.55. The molecule has 2 nitrogen and oxygen atoms in total. The van der Waals surface area contributed by atoms with E-state index in [0.29, 0.717) is 6.17 Å². The Balaban J connectivity index is 1.96. The largest absolute Gasteiger partial charge is 0.302 e. The van der Waals surface area contributed by atoms with E-state index in [-0.39, 0.29) is 0 Å². The van der Waals surface area contributed by atoms with Crippen molar-refractivity contribution in [1.82, 2.24) is 5.32 Å². The second-order valence-electron chi connectivity index (χ2n) is 6.79. The molecule has 2 aliphatic rings. The van der Waals surface area contributed by atoms with E-state index < -0.39 is 0 Å². The highest BCUT2D eigenvalue weighted by Crippen LogP contribution is 2.31. The van der Waals surface area contributed by atoms with Gasteiger partial charge < -0.3 is 4.48 Å². The van der Waals surface area contributed by atoms with Gasteiger partial charge in [0.15, 0.2) is 0 Å². The number of quaternary nitrogens is 1. The third kappa shape index (κ3) is 3.03. The van der Waals surface area contributed by atoms with Gasteiger partial charge in [0.25, 0.3) is 0 Å². The maximum Gasteiger partial charge on any atom is 0.145 e. The predicted molar refractivity (Wildman–Crippen MR) is 73.7 cm³/mol. The Labute approximate surface area is 107 Å². The Morgan fingerprint density at radius 1 is 1.24 bits per heavy atom. The molecule has 0 bridgehead atoms. The van der Waals surface area contributed by atoms with Gasteiger partial charge in [0.05, 0.1) is 7.05 Å². The zero-order valence-electron chi connectivity index (χ0n) is 12.2. The molecule has 1 aliphatic carbocycles. The molecule has 2 fully saturated rings. The van der Waals surface area contributed by atoms with Gasteiger partial charge in [-0.15, -0.1) is 0 Å².